The highest BCUT2D eigenvalue weighted by molar-refractivity contribution is 5.48. The third kappa shape index (κ3) is 13.7. The maximum atomic E-state index is 10.2. The van der Waals surface area contributed by atoms with E-state index < -0.39 is 6.40 Å². The molecule has 90 valence electrons. The maximum absolute atomic E-state index is 10.2. The van der Waals surface area contributed by atoms with Crippen molar-refractivity contribution in [3.8, 4) is 0 Å². The molecule has 0 aliphatic heterocycles. The van der Waals surface area contributed by atoms with E-state index in [1.807, 2.05) is 0 Å². The van der Waals surface area contributed by atoms with Gasteiger partial charge in [-0.2, -0.15) is 0 Å². The molecule has 1 atom stereocenters. The van der Waals surface area contributed by atoms with Crippen molar-refractivity contribution >= 4 is 6.29 Å². The molecule has 0 radical (unpaired) electrons. The monoisotopic (exact) mass is 213 g/mol. The Balaban J connectivity index is 2.96. The van der Waals surface area contributed by atoms with E-state index >= 15 is 0 Å². The molecule has 0 spiro atoms. The minimum Gasteiger partial charge on any atom is -0.303 e. The van der Waals surface area contributed by atoms with Crippen LogP contribution in [0.15, 0.2) is 0 Å². The predicted octanol–water partition coefficient (Wildman–Crippen LogP) is 4.89. The van der Waals surface area contributed by atoms with Gasteiger partial charge in [0.2, 0.25) is 0 Å². The summed E-state index contributed by atoms with van der Waals surface area (Å²) in [5.41, 5.74) is 0. The van der Waals surface area contributed by atoms with Gasteiger partial charge in [0.05, 0.1) is 0 Å². The van der Waals surface area contributed by atoms with Gasteiger partial charge in [0, 0.05) is 7.77 Å². The summed E-state index contributed by atoms with van der Waals surface area (Å²) in [6, 6.07) is 0. The lowest BCUT2D eigenvalue weighted by molar-refractivity contribution is -0.107. The molecule has 0 fully saturated rings. The van der Waals surface area contributed by atoms with E-state index in [9.17, 15) is 4.79 Å². The van der Waals surface area contributed by atoms with Crippen molar-refractivity contribution in [2.45, 2.75) is 83.9 Å². The molecule has 0 aromatic rings. The zero-order chi connectivity index (χ0) is 12.1. The van der Waals surface area contributed by atoms with Gasteiger partial charge in [-0.25, -0.2) is 0 Å². The molecule has 0 heterocycles. The average molecular weight is 213 g/mol. The first-order valence-corrected chi connectivity index (χ1v) is 6.68. The van der Waals surface area contributed by atoms with Crippen molar-refractivity contribution in [1.29, 1.82) is 0 Å². The summed E-state index contributed by atoms with van der Waals surface area (Å²) in [7, 11) is 0. The summed E-state index contributed by atoms with van der Waals surface area (Å²) in [5, 5.41) is 0. The topological polar surface area (TPSA) is 17.1 Å². The zero-order valence-corrected chi connectivity index (χ0v) is 10.3. The van der Waals surface area contributed by atoms with Crippen LogP contribution in [0.25, 0.3) is 0 Å². The minimum atomic E-state index is -0.478. The van der Waals surface area contributed by atoms with Gasteiger partial charge in [-0.15, -0.1) is 0 Å². The largest absolute Gasteiger partial charge is 0.303 e. The number of carbonyl (C=O) groups excluding carboxylic acids is 1. The first-order chi connectivity index (χ1) is 7.81. The number of unbranched alkanes of at least 4 members (excludes halogenated alkanes) is 9. The molecule has 0 bridgehead atoms. The van der Waals surface area contributed by atoms with Crippen molar-refractivity contribution in [2.24, 2.45) is 0 Å². The summed E-state index contributed by atoms with van der Waals surface area (Å²) in [4.78, 5) is 10.2. The third-order valence-electron chi connectivity index (χ3n) is 2.82. The molecule has 0 amide bonds. The quantitative estimate of drug-likeness (QED) is 0.333. The lowest BCUT2D eigenvalue weighted by Gasteiger charge is -2.01. The Morgan fingerprint density at radius 1 is 0.800 bits per heavy atom. The van der Waals surface area contributed by atoms with Gasteiger partial charge >= 0.3 is 0 Å². The van der Waals surface area contributed by atoms with Crippen LogP contribution in [0.1, 0.15) is 85.3 Å². The zero-order valence-electron chi connectivity index (χ0n) is 11.3. The lowest BCUT2D eigenvalue weighted by Crippen LogP contribution is -1.82. The van der Waals surface area contributed by atoms with Crippen LogP contribution in [0.2, 0.25) is 0 Å². The minimum absolute atomic E-state index is 0.478. The molecule has 0 N–H and O–H groups in total. The number of hydrogen-bond donors (Lipinski definition) is 0. The first kappa shape index (κ1) is 12.7. The normalized spacial score (nSPS) is 13.5. The second-order valence-electron chi connectivity index (χ2n) is 4.34. The fourth-order valence-electron chi connectivity index (χ4n) is 1.82. The van der Waals surface area contributed by atoms with Gasteiger partial charge in [0.25, 0.3) is 0 Å². The van der Waals surface area contributed by atoms with Gasteiger partial charge in [0.15, 0.2) is 0 Å². The van der Waals surface area contributed by atoms with E-state index in [0.717, 1.165) is 19.1 Å². The van der Waals surface area contributed by atoms with Crippen LogP contribution in [0, 0.1) is 0 Å². The van der Waals surface area contributed by atoms with E-state index in [-0.39, 0.29) is 0 Å². The molecule has 0 saturated carbocycles. The van der Waals surface area contributed by atoms with Crippen LogP contribution in [0.3, 0.4) is 0 Å². The van der Waals surface area contributed by atoms with E-state index in [0.29, 0.717) is 0 Å². The second-order valence-corrected chi connectivity index (χ2v) is 4.34. The highest BCUT2D eigenvalue weighted by Crippen LogP contribution is 2.11. The molecule has 0 aliphatic carbocycles. The van der Waals surface area contributed by atoms with E-state index in [2.05, 4.69) is 6.92 Å². The Labute approximate surface area is 97.0 Å². The number of rotatable bonds is 12. The fraction of sp³-hybridized carbons (Fsp3) is 0.929. The molecule has 0 rings (SSSR count). The Hall–Kier alpha value is -0.330. The van der Waals surface area contributed by atoms with Gasteiger partial charge in [-0.1, -0.05) is 71.1 Å². The van der Waals surface area contributed by atoms with Crippen LogP contribution < -0.4 is 0 Å². The second kappa shape index (κ2) is 13.7. The fourth-order valence-corrected chi connectivity index (χ4v) is 1.82. The van der Waals surface area contributed by atoms with Crippen LogP contribution >= 0.6 is 0 Å². The van der Waals surface area contributed by atoms with Gasteiger partial charge in [-0.3, -0.25) is 0 Å². The Morgan fingerprint density at radius 3 is 1.60 bits per heavy atom. The third-order valence-corrected chi connectivity index (χ3v) is 2.82. The van der Waals surface area contributed by atoms with Gasteiger partial charge in [-0.05, 0) is 6.42 Å². The smallest absolute Gasteiger partial charge is 0.119 e. The highest BCUT2D eigenvalue weighted by Gasteiger charge is 1.92. The van der Waals surface area contributed by atoms with Crippen molar-refractivity contribution in [3.05, 3.63) is 0 Å². The molecule has 1 unspecified atom stereocenters. The summed E-state index contributed by atoms with van der Waals surface area (Å²) in [5.74, 6) is 0. The number of carbonyl (C=O) groups is 1. The van der Waals surface area contributed by atoms with Crippen molar-refractivity contribution < 1.29 is 6.17 Å². The van der Waals surface area contributed by atoms with E-state index in [4.69, 9.17) is 1.37 Å². The van der Waals surface area contributed by atoms with Crippen molar-refractivity contribution in [2.75, 3.05) is 0 Å². The molecule has 0 aliphatic rings. The van der Waals surface area contributed by atoms with E-state index in [1.54, 1.807) is 0 Å². The first-order valence-electron chi connectivity index (χ1n) is 7.26. The molecule has 15 heavy (non-hydrogen) atoms. The summed E-state index contributed by atoms with van der Waals surface area (Å²) < 4.78 is 7.26. The Morgan fingerprint density at radius 2 is 1.20 bits per heavy atom. The average Bonchev–Trinajstić information content (AvgIpc) is 2.31. The standard InChI is InChI=1S/C14H28O/c1-2-3-4-5-6-7-8-9-10-11-12-13-14-15/h14H,2-13H2,1H3/i13D. The molecule has 1 nitrogen and oxygen atoms in total. The molecule has 0 saturated heterocycles. The van der Waals surface area contributed by atoms with Crippen molar-refractivity contribution in [1.82, 2.24) is 0 Å². The maximum Gasteiger partial charge on any atom is 0.119 e. The lowest BCUT2D eigenvalue weighted by atomic mass is 10.1. The summed E-state index contributed by atoms with van der Waals surface area (Å²) >= 11 is 0. The Kier molecular flexibility index (Phi) is 11.6. The predicted molar refractivity (Wildman–Crippen MR) is 67.1 cm³/mol. The molecule has 1 heteroatoms. The van der Waals surface area contributed by atoms with Crippen LogP contribution in [0.5, 0.6) is 0 Å². The summed E-state index contributed by atoms with van der Waals surface area (Å²) in [6.07, 6.45) is 14.1. The molecule has 0 aromatic carbocycles. The van der Waals surface area contributed by atoms with Crippen molar-refractivity contribution in [3.63, 3.8) is 0 Å². The Bertz CT molecular complexity index is 148. The van der Waals surface area contributed by atoms with Crippen LogP contribution in [0.4, 0.5) is 0 Å². The summed E-state index contributed by atoms with van der Waals surface area (Å²) in [6.45, 7) is 2.25. The highest BCUT2D eigenvalue weighted by atomic mass is 16.1. The van der Waals surface area contributed by atoms with Gasteiger partial charge in [0.1, 0.15) is 6.29 Å². The van der Waals surface area contributed by atoms with E-state index in [1.165, 1.54) is 57.8 Å². The van der Waals surface area contributed by atoms with Gasteiger partial charge < -0.3 is 4.79 Å². The number of aldehydes is 1. The number of hydrogen-bond acceptors (Lipinski definition) is 1. The molecular weight excluding hydrogens is 184 g/mol. The van der Waals surface area contributed by atoms with Crippen LogP contribution in [-0.2, 0) is 4.79 Å². The SMILES string of the molecule is [2H]C(C=O)CCCCCCCCCCCC. The molecule has 0 aromatic heterocycles. The van der Waals surface area contributed by atoms with Crippen LogP contribution in [-0.4, -0.2) is 6.29 Å². The molecular formula is C14H28O.